The number of likely N-dealkylation sites (N-methyl/N-ethyl adjacent to an activating group) is 1. The van der Waals surface area contributed by atoms with Gasteiger partial charge < -0.3 is 5.73 Å². The van der Waals surface area contributed by atoms with Crippen molar-refractivity contribution in [3.05, 3.63) is 35.9 Å². The summed E-state index contributed by atoms with van der Waals surface area (Å²) in [7, 11) is 2.24. The number of nitrogens with zero attached hydrogens (tertiary/aromatic N) is 1. The van der Waals surface area contributed by atoms with Crippen molar-refractivity contribution in [3.63, 3.8) is 0 Å². The topological polar surface area (TPSA) is 29.3 Å². The van der Waals surface area contributed by atoms with Crippen LogP contribution in [0.15, 0.2) is 30.3 Å². The summed E-state index contributed by atoms with van der Waals surface area (Å²) in [5.74, 6) is 2.51. The molecule has 2 rings (SSSR count). The zero-order valence-corrected chi connectivity index (χ0v) is 12.1. The minimum atomic E-state index is 0.250. The highest BCUT2D eigenvalue weighted by Gasteiger charge is 2.34. The summed E-state index contributed by atoms with van der Waals surface area (Å²) in [6.45, 7) is 1.89. The van der Waals surface area contributed by atoms with Gasteiger partial charge in [0.1, 0.15) is 0 Å². The second-order valence-corrected chi connectivity index (χ2v) is 6.42. The molecule has 1 aliphatic heterocycles. The predicted molar refractivity (Wildman–Crippen MR) is 81.1 cm³/mol. The lowest BCUT2D eigenvalue weighted by molar-refractivity contribution is 0.117. The molecule has 0 bridgehead atoms. The van der Waals surface area contributed by atoms with E-state index in [9.17, 15) is 0 Å². The molecule has 0 radical (unpaired) electrons. The lowest BCUT2D eigenvalue weighted by Gasteiger charge is -2.44. The molecule has 1 aliphatic rings. The third kappa shape index (κ3) is 3.28. The van der Waals surface area contributed by atoms with E-state index in [1.165, 1.54) is 29.9 Å². The van der Waals surface area contributed by atoms with Gasteiger partial charge in [0.05, 0.1) is 0 Å². The maximum Gasteiger partial charge on any atom is 0.0344 e. The van der Waals surface area contributed by atoms with Gasteiger partial charge in [0, 0.05) is 18.6 Å². The van der Waals surface area contributed by atoms with Gasteiger partial charge in [-0.1, -0.05) is 30.3 Å². The number of hydrogen-bond donors (Lipinski definition) is 1. The third-order valence-corrected chi connectivity index (χ3v) is 5.18. The average molecular weight is 264 g/mol. The van der Waals surface area contributed by atoms with E-state index < -0.39 is 0 Å². The van der Waals surface area contributed by atoms with Crippen LogP contribution in [0, 0.1) is 0 Å². The minimum Gasteiger partial charge on any atom is -0.329 e. The van der Waals surface area contributed by atoms with Crippen molar-refractivity contribution in [2.24, 2.45) is 5.73 Å². The number of nitrogens with two attached hydrogens (primary N) is 1. The molecule has 2 N–H and O–H groups in total. The van der Waals surface area contributed by atoms with Gasteiger partial charge in [-0.05, 0) is 43.4 Å². The molecule has 18 heavy (non-hydrogen) atoms. The van der Waals surface area contributed by atoms with Crippen LogP contribution in [0.1, 0.15) is 18.4 Å². The molecule has 1 aromatic carbocycles. The molecule has 1 heterocycles. The molecule has 1 aromatic rings. The van der Waals surface area contributed by atoms with Crippen molar-refractivity contribution >= 4 is 11.8 Å². The molecule has 0 aromatic heterocycles. The van der Waals surface area contributed by atoms with Crippen molar-refractivity contribution in [2.75, 3.05) is 31.6 Å². The van der Waals surface area contributed by atoms with Gasteiger partial charge in [-0.15, -0.1) is 0 Å². The Kier molecular flexibility index (Phi) is 5.10. The van der Waals surface area contributed by atoms with Crippen LogP contribution in [0.2, 0.25) is 0 Å². The van der Waals surface area contributed by atoms with E-state index in [0.29, 0.717) is 0 Å². The van der Waals surface area contributed by atoms with Crippen LogP contribution in [0.4, 0.5) is 0 Å². The molecule has 2 nitrogen and oxygen atoms in total. The summed E-state index contributed by atoms with van der Waals surface area (Å²) < 4.78 is 0. The SMILES string of the molecule is CN(CCc1ccccc1)C1(CN)CCSCC1. The van der Waals surface area contributed by atoms with E-state index in [2.05, 4.69) is 54.0 Å². The minimum absolute atomic E-state index is 0.250. The van der Waals surface area contributed by atoms with E-state index in [1.807, 2.05) is 0 Å². The zero-order chi connectivity index (χ0) is 12.8. The highest BCUT2D eigenvalue weighted by atomic mass is 32.2. The first-order valence-corrected chi connectivity index (χ1v) is 7.95. The van der Waals surface area contributed by atoms with Crippen LogP contribution < -0.4 is 5.73 Å². The summed E-state index contributed by atoms with van der Waals surface area (Å²) in [5.41, 5.74) is 7.73. The zero-order valence-electron chi connectivity index (χ0n) is 11.3. The van der Waals surface area contributed by atoms with E-state index >= 15 is 0 Å². The van der Waals surface area contributed by atoms with Crippen molar-refractivity contribution in [2.45, 2.75) is 24.8 Å². The van der Waals surface area contributed by atoms with Gasteiger partial charge >= 0.3 is 0 Å². The van der Waals surface area contributed by atoms with Crippen molar-refractivity contribution in [1.82, 2.24) is 4.90 Å². The van der Waals surface area contributed by atoms with Gasteiger partial charge in [-0.25, -0.2) is 0 Å². The Balaban J connectivity index is 1.91. The van der Waals surface area contributed by atoms with Crippen LogP contribution in [-0.2, 0) is 6.42 Å². The Morgan fingerprint density at radius 3 is 2.50 bits per heavy atom. The number of benzene rings is 1. The van der Waals surface area contributed by atoms with Crippen LogP contribution in [0.3, 0.4) is 0 Å². The first-order chi connectivity index (χ1) is 8.77. The van der Waals surface area contributed by atoms with Crippen LogP contribution >= 0.6 is 11.8 Å². The van der Waals surface area contributed by atoms with Crippen LogP contribution in [0.25, 0.3) is 0 Å². The van der Waals surface area contributed by atoms with E-state index in [4.69, 9.17) is 5.73 Å². The molecule has 0 aliphatic carbocycles. The van der Waals surface area contributed by atoms with Crippen LogP contribution in [0.5, 0.6) is 0 Å². The summed E-state index contributed by atoms with van der Waals surface area (Å²) in [4.78, 5) is 2.50. The van der Waals surface area contributed by atoms with Gasteiger partial charge in [-0.3, -0.25) is 4.90 Å². The van der Waals surface area contributed by atoms with Crippen molar-refractivity contribution in [1.29, 1.82) is 0 Å². The fourth-order valence-corrected chi connectivity index (χ4v) is 3.92. The lowest BCUT2D eigenvalue weighted by Crippen LogP contribution is -2.54. The Labute approximate surface area is 115 Å². The quantitative estimate of drug-likeness (QED) is 0.885. The van der Waals surface area contributed by atoms with E-state index in [0.717, 1.165) is 19.5 Å². The lowest BCUT2D eigenvalue weighted by atomic mass is 9.90. The number of thioether (sulfide) groups is 1. The van der Waals surface area contributed by atoms with Crippen molar-refractivity contribution < 1.29 is 0 Å². The molecule has 1 fully saturated rings. The molecule has 0 spiro atoms. The fourth-order valence-electron chi connectivity index (χ4n) is 2.67. The van der Waals surface area contributed by atoms with Gasteiger partial charge in [0.15, 0.2) is 0 Å². The molecular formula is C15H24N2S. The summed E-state index contributed by atoms with van der Waals surface area (Å²) in [5, 5.41) is 0. The predicted octanol–water partition coefficient (Wildman–Crippen LogP) is 2.39. The standard InChI is InChI=1S/C15H24N2S/c1-17(10-7-14-5-3-2-4-6-14)15(13-16)8-11-18-12-9-15/h2-6H,7-13,16H2,1H3. The monoisotopic (exact) mass is 264 g/mol. The second-order valence-electron chi connectivity index (χ2n) is 5.20. The van der Waals surface area contributed by atoms with Gasteiger partial charge in [-0.2, -0.15) is 11.8 Å². The maximum absolute atomic E-state index is 6.06. The highest BCUT2D eigenvalue weighted by Crippen LogP contribution is 2.30. The maximum atomic E-state index is 6.06. The summed E-state index contributed by atoms with van der Waals surface area (Å²) in [6.07, 6.45) is 3.59. The summed E-state index contributed by atoms with van der Waals surface area (Å²) >= 11 is 2.06. The molecule has 0 amide bonds. The molecule has 0 unspecified atom stereocenters. The molecule has 1 saturated heterocycles. The second kappa shape index (κ2) is 6.60. The van der Waals surface area contributed by atoms with Crippen molar-refractivity contribution in [3.8, 4) is 0 Å². The highest BCUT2D eigenvalue weighted by molar-refractivity contribution is 7.99. The Bertz CT molecular complexity index is 347. The normalized spacial score (nSPS) is 19.1. The number of hydrogen-bond acceptors (Lipinski definition) is 3. The first-order valence-electron chi connectivity index (χ1n) is 6.80. The Morgan fingerprint density at radius 1 is 1.22 bits per heavy atom. The largest absolute Gasteiger partial charge is 0.329 e. The van der Waals surface area contributed by atoms with Crippen LogP contribution in [-0.4, -0.2) is 42.1 Å². The third-order valence-electron chi connectivity index (χ3n) is 4.19. The van der Waals surface area contributed by atoms with Gasteiger partial charge in [0.25, 0.3) is 0 Å². The summed E-state index contributed by atoms with van der Waals surface area (Å²) in [6, 6.07) is 10.7. The molecule has 0 atom stereocenters. The molecule has 100 valence electrons. The first kappa shape index (κ1) is 13.9. The molecular weight excluding hydrogens is 240 g/mol. The molecule has 3 heteroatoms. The Morgan fingerprint density at radius 2 is 1.89 bits per heavy atom. The fraction of sp³-hybridized carbons (Fsp3) is 0.600. The van der Waals surface area contributed by atoms with E-state index in [-0.39, 0.29) is 5.54 Å². The average Bonchev–Trinajstić information content (AvgIpc) is 2.46. The number of rotatable bonds is 5. The molecule has 0 saturated carbocycles. The van der Waals surface area contributed by atoms with E-state index in [1.54, 1.807) is 0 Å². The Hall–Kier alpha value is -0.510. The van der Waals surface area contributed by atoms with Gasteiger partial charge in [0.2, 0.25) is 0 Å². The smallest absolute Gasteiger partial charge is 0.0344 e.